The lowest BCUT2D eigenvalue weighted by atomic mass is 9.78. The number of benzene rings is 6. The van der Waals surface area contributed by atoms with Crippen LogP contribution in [0.4, 0.5) is 10.1 Å². The number of aromatic carboxylic acids is 1. The largest absolute Gasteiger partial charge is 0.508 e. The van der Waals surface area contributed by atoms with Crippen LogP contribution in [0.1, 0.15) is 88.1 Å². The van der Waals surface area contributed by atoms with Crippen molar-refractivity contribution in [3.63, 3.8) is 0 Å². The zero-order chi connectivity index (χ0) is 56.8. The van der Waals surface area contributed by atoms with Crippen LogP contribution in [-0.2, 0) is 19.1 Å². The molecule has 5 aromatic carbocycles. The molecule has 9 N–H and O–H groups in total. The summed E-state index contributed by atoms with van der Waals surface area (Å²) < 4.78 is 30.4. The first-order valence-corrected chi connectivity index (χ1v) is 25.6. The molecular formula is C60H54FN3O16. The van der Waals surface area contributed by atoms with Gasteiger partial charge in [-0.05, 0) is 127 Å². The maximum absolute atomic E-state index is 13.9. The Morgan fingerprint density at radius 1 is 0.775 bits per heavy atom. The van der Waals surface area contributed by atoms with Gasteiger partial charge in [-0.15, -0.1) is 0 Å². The lowest BCUT2D eigenvalue weighted by Crippen LogP contribution is -2.61. The summed E-state index contributed by atoms with van der Waals surface area (Å²) >= 11 is 0. The van der Waals surface area contributed by atoms with E-state index in [1.165, 1.54) is 78.9 Å². The second-order valence-corrected chi connectivity index (χ2v) is 19.4. The number of rotatable bonds is 19. The number of fused-ring (bicyclic) bond motifs is 2. The van der Waals surface area contributed by atoms with E-state index in [0.29, 0.717) is 58.2 Å². The molecule has 0 radical (unpaired) electrons. The quantitative estimate of drug-likeness (QED) is 0.0193. The molecule has 5 aromatic rings. The number of nitrogens with zero attached hydrogens (tertiary/aromatic N) is 1. The van der Waals surface area contributed by atoms with Gasteiger partial charge in [-0.2, -0.15) is 0 Å². The number of β-lactam (4-membered cyclic amide) rings is 1. The van der Waals surface area contributed by atoms with Crippen LogP contribution in [0.25, 0.3) is 33.4 Å². The van der Waals surface area contributed by atoms with E-state index in [1.807, 2.05) is 0 Å². The molecule has 0 spiro atoms. The highest BCUT2D eigenvalue weighted by molar-refractivity contribution is 6.09. The molecule has 412 valence electrons. The fraction of sp³-hybridized carbons (Fsp3) is 0.267. The lowest BCUT2D eigenvalue weighted by Gasteiger charge is -2.48. The van der Waals surface area contributed by atoms with Crippen molar-refractivity contribution in [3.8, 4) is 45.8 Å². The van der Waals surface area contributed by atoms with E-state index in [-0.39, 0.29) is 89.1 Å². The molecule has 0 unspecified atom stereocenters. The molecule has 80 heavy (non-hydrogen) atoms. The van der Waals surface area contributed by atoms with Crippen molar-refractivity contribution in [3.05, 3.63) is 171 Å². The number of aliphatic hydroxyl groups is 4. The summed E-state index contributed by atoms with van der Waals surface area (Å²) in [5.74, 6) is 1.38. The Bertz CT molecular complexity index is 3540. The summed E-state index contributed by atoms with van der Waals surface area (Å²) in [4.78, 5) is 77.6. The van der Waals surface area contributed by atoms with Crippen LogP contribution in [0.5, 0.6) is 11.5 Å². The number of aromatic hydroxyl groups is 1. The molecule has 4 aliphatic rings. The van der Waals surface area contributed by atoms with Crippen molar-refractivity contribution < 1.29 is 78.0 Å². The molecule has 3 amide bonds. The van der Waals surface area contributed by atoms with E-state index in [2.05, 4.69) is 22.5 Å². The number of carbonyl (C=O) groups excluding carboxylic acids is 3. The topological polar surface area (TPSA) is 303 Å². The van der Waals surface area contributed by atoms with Crippen molar-refractivity contribution in [2.24, 2.45) is 5.92 Å². The van der Waals surface area contributed by atoms with Gasteiger partial charge >= 0.3 is 11.9 Å². The van der Waals surface area contributed by atoms with Crippen molar-refractivity contribution in [1.29, 1.82) is 0 Å². The number of aliphatic hydroxyl groups excluding tert-OH is 4. The predicted molar refractivity (Wildman–Crippen MR) is 286 cm³/mol. The highest BCUT2D eigenvalue weighted by Gasteiger charge is 2.50. The number of hydrogen-bond donors (Lipinski definition) is 9. The Kier molecular flexibility index (Phi) is 17.0. The lowest BCUT2D eigenvalue weighted by molar-refractivity contribution is -0.271. The van der Waals surface area contributed by atoms with Gasteiger partial charge in [0.25, 0.3) is 5.91 Å². The number of anilines is 1. The number of phenolic OH excluding ortho intramolecular Hbond substituents is 1. The zero-order valence-electron chi connectivity index (χ0n) is 42.5. The first-order valence-electron chi connectivity index (χ1n) is 25.6. The van der Waals surface area contributed by atoms with Crippen LogP contribution in [0, 0.1) is 23.6 Å². The van der Waals surface area contributed by atoms with Gasteiger partial charge in [0.2, 0.25) is 18.1 Å². The summed E-state index contributed by atoms with van der Waals surface area (Å²) in [7, 11) is 0. The van der Waals surface area contributed by atoms with Crippen LogP contribution in [-0.4, -0.2) is 109 Å². The van der Waals surface area contributed by atoms with Crippen LogP contribution < -0.4 is 25.7 Å². The van der Waals surface area contributed by atoms with E-state index in [4.69, 9.17) is 13.9 Å². The maximum Gasteiger partial charge on any atom is 0.336 e. The third-order valence-corrected chi connectivity index (χ3v) is 14.1. The Balaban J connectivity index is 0.758. The molecule has 0 saturated carbocycles. The second kappa shape index (κ2) is 24.4. The van der Waals surface area contributed by atoms with Crippen LogP contribution in [0.15, 0.2) is 137 Å². The number of unbranched alkanes of at least 4 members (excludes halogenated alkanes) is 2. The van der Waals surface area contributed by atoms with E-state index >= 15 is 0 Å². The average Bonchev–Trinajstić information content (AvgIpc) is 3.48. The first-order chi connectivity index (χ1) is 38.4. The van der Waals surface area contributed by atoms with E-state index in [1.54, 1.807) is 53.4 Å². The van der Waals surface area contributed by atoms with Crippen molar-refractivity contribution in [2.75, 3.05) is 18.0 Å². The fourth-order valence-corrected chi connectivity index (χ4v) is 9.92. The van der Waals surface area contributed by atoms with Crippen LogP contribution in [0.2, 0.25) is 0 Å². The number of phenols is 1. The third-order valence-electron chi connectivity index (χ3n) is 14.1. The summed E-state index contributed by atoms with van der Waals surface area (Å²) in [6.45, 7) is 0.337. The normalized spacial score (nSPS) is 20.0. The van der Waals surface area contributed by atoms with Gasteiger partial charge < -0.3 is 65.2 Å². The number of carboxylic acids is 2. The number of halogens is 1. The van der Waals surface area contributed by atoms with Gasteiger partial charge in [-0.1, -0.05) is 48.6 Å². The molecule has 19 nitrogen and oxygen atoms in total. The molecule has 3 heterocycles. The summed E-state index contributed by atoms with van der Waals surface area (Å²) in [5.41, 5.74) is 3.41. The average molecular weight is 1090 g/mol. The van der Waals surface area contributed by atoms with Gasteiger partial charge in [0, 0.05) is 58.4 Å². The molecule has 20 heteroatoms. The van der Waals surface area contributed by atoms with Crippen molar-refractivity contribution in [1.82, 2.24) is 10.6 Å². The first kappa shape index (κ1) is 55.8. The number of amides is 3. The predicted octanol–water partition coefficient (Wildman–Crippen LogP) is 6.05. The van der Waals surface area contributed by atoms with Gasteiger partial charge in [0.15, 0.2) is 11.5 Å². The molecule has 0 aromatic heterocycles. The molecule has 8 atom stereocenters. The highest BCUT2D eigenvalue weighted by Crippen LogP contribution is 2.47. The SMILES string of the molecule is O=C(CCCCCNC(=O)c1ccc(-c2c3ccc(=O)cc-3oc3cc(O)ccc23)c(C(=O)O)c1)NCC#Cc1ccc(N2C(=O)[C@H](CC[C@H](O)c3ccc(F)cc3)[C@H]2c2ccc(O[C@@H]3O[C@H](C(=O)O)[C@@H](O)[C@H](O)[C@H]3O)cc2)cc1. The molecule has 2 fully saturated rings. The smallest absolute Gasteiger partial charge is 0.336 e. The number of carboxylic acid groups (broad SMARTS) is 2. The van der Waals surface area contributed by atoms with Crippen LogP contribution in [0.3, 0.4) is 0 Å². The Morgan fingerprint density at radius 2 is 1.51 bits per heavy atom. The van der Waals surface area contributed by atoms with Gasteiger partial charge in [-0.25, -0.2) is 14.0 Å². The van der Waals surface area contributed by atoms with Crippen molar-refractivity contribution >= 4 is 46.3 Å². The number of carbonyl (C=O) groups is 5. The second-order valence-electron chi connectivity index (χ2n) is 19.4. The summed E-state index contributed by atoms with van der Waals surface area (Å²) in [6.07, 6.45) is -7.62. The van der Waals surface area contributed by atoms with Crippen LogP contribution >= 0.6 is 0 Å². The van der Waals surface area contributed by atoms with Crippen molar-refractivity contribution in [2.45, 2.75) is 81.4 Å². The molecular weight excluding hydrogens is 1040 g/mol. The molecule has 2 saturated heterocycles. The number of hydrogen-bond acceptors (Lipinski definition) is 14. The highest BCUT2D eigenvalue weighted by atomic mass is 19.1. The minimum Gasteiger partial charge on any atom is -0.508 e. The summed E-state index contributed by atoms with van der Waals surface area (Å²) in [5, 5.41) is 77.5. The summed E-state index contributed by atoms with van der Waals surface area (Å²) in [6, 6.07) is 31.1. The molecule has 0 bridgehead atoms. The number of aliphatic carboxylic acids is 1. The fourth-order valence-electron chi connectivity index (χ4n) is 9.92. The molecule has 9 rings (SSSR count). The Hall–Kier alpha value is -8.97. The van der Waals surface area contributed by atoms with E-state index in [0.717, 1.165) is 0 Å². The monoisotopic (exact) mass is 1090 g/mol. The molecule has 3 aliphatic heterocycles. The van der Waals surface area contributed by atoms with Gasteiger partial charge in [0.05, 0.1) is 30.2 Å². The van der Waals surface area contributed by atoms with Gasteiger partial charge in [-0.3, -0.25) is 19.2 Å². The number of ether oxygens (including phenoxy) is 2. The minimum atomic E-state index is -1.89. The van der Waals surface area contributed by atoms with E-state index < -0.39 is 72.4 Å². The van der Waals surface area contributed by atoms with Gasteiger partial charge in [0.1, 0.15) is 47.0 Å². The zero-order valence-corrected chi connectivity index (χ0v) is 42.5. The Labute approximate surface area is 455 Å². The number of nitrogens with one attached hydrogen (secondary N) is 2. The Morgan fingerprint density at radius 3 is 2.24 bits per heavy atom. The van der Waals surface area contributed by atoms with E-state index in [9.17, 15) is 68.9 Å². The molecule has 1 aliphatic carbocycles. The third kappa shape index (κ3) is 12.3. The minimum absolute atomic E-state index is 0.0663. The maximum atomic E-state index is 13.9. The standard InChI is InChI=1S/C60H54FN3O16/c61-36-14-9-33(10-15-36)46(67)26-25-44-51(34-11-20-40(21-12-34)78-60-54(71)52(69)53(70)55(80-60)59(76)77)64(57(44)73)37-16-7-32(8-17-37)5-4-28-62-49(68)6-2-1-3-27-63-56(72)35-13-22-41(45(29-35)58(74)75)50-42-23-18-38(65)30-47(42)79-48-31-39(66)19-24-43(48)50/h7-24,29-31,44,46,51-55,60,65,67,69-71H,1-3,6,25-28H2,(H,62,68)(H,63,72)(H,74,75)(H,76,77)/t44-,46+,51-,52+,53+,54-,55+,60-/m1/s1.